The Labute approximate surface area is 133 Å². The molecule has 0 atom stereocenters. The highest BCUT2D eigenvalue weighted by Crippen LogP contribution is 2.13. The van der Waals surface area contributed by atoms with E-state index >= 15 is 0 Å². The Hall–Kier alpha value is -2.83. The standard InChI is InChI=1S/C16H18N2O5/c1-11-15(18-10-23-11)16(21)17-9-12-4-6-13(7-5-12)22-8-2-3-14(19)20/h4-7,10H,2-3,8-9H2,1H3,(H,17,21)(H,19,20). The molecule has 0 aliphatic carbocycles. The predicted molar refractivity (Wildman–Crippen MR) is 81.2 cm³/mol. The third-order valence-corrected chi connectivity index (χ3v) is 3.14. The number of oxazole rings is 1. The van der Waals surface area contributed by atoms with Gasteiger partial charge in [-0.1, -0.05) is 12.1 Å². The molecule has 1 aromatic carbocycles. The number of carboxylic acids is 1. The number of nitrogens with zero attached hydrogens (tertiary/aromatic N) is 1. The lowest BCUT2D eigenvalue weighted by Gasteiger charge is -2.07. The van der Waals surface area contributed by atoms with E-state index < -0.39 is 5.97 Å². The second kappa shape index (κ2) is 7.98. The maximum absolute atomic E-state index is 11.9. The maximum Gasteiger partial charge on any atom is 0.303 e. The first kappa shape index (κ1) is 16.5. The second-order valence-electron chi connectivity index (χ2n) is 4.93. The van der Waals surface area contributed by atoms with Crippen molar-refractivity contribution < 1.29 is 23.8 Å². The smallest absolute Gasteiger partial charge is 0.303 e. The number of carbonyl (C=O) groups excluding carboxylic acids is 1. The molecule has 23 heavy (non-hydrogen) atoms. The molecule has 122 valence electrons. The fourth-order valence-corrected chi connectivity index (χ4v) is 1.91. The number of nitrogens with one attached hydrogen (secondary N) is 1. The molecule has 1 heterocycles. The number of aliphatic carboxylic acids is 1. The van der Waals surface area contributed by atoms with Crippen LogP contribution in [0.15, 0.2) is 35.1 Å². The number of aromatic nitrogens is 1. The molecule has 0 radical (unpaired) electrons. The van der Waals surface area contributed by atoms with Gasteiger partial charge in [0, 0.05) is 13.0 Å². The highest BCUT2D eigenvalue weighted by atomic mass is 16.5. The average Bonchev–Trinajstić information content (AvgIpc) is 2.96. The fourth-order valence-electron chi connectivity index (χ4n) is 1.91. The van der Waals surface area contributed by atoms with Crippen molar-refractivity contribution in [3.63, 3.8) is 0 Å². The van der Waals surface area contributed by atoms with Crippen LogP contribution in [0, 0.1) is 6.92 Å². The quantitative estimate of drug-likeness (QED) is 0.723. The van der Waals surface area contributed by atoms with Crippen LogP contribution in [0.4, 0.5) is 0 Å². The summed E-state index contributed by atoms with van der Waals surface area (Å²) in [6.07, 6.45) is 1.79. The normalized spacial score (nSPS) is 10.3. The minimum absolute atomic E-state index is 0.0889. The molecule has 7 nitrogen and oxygen atoms in total. The maximum atomic E-state index is 11.9. The Bertz CT molecular complexity index is 663. The van der Waals surface area contributed by atoms with Crippen LogP contribution >= 0.6 is 0 Å². The number of carboxylic acid groups (broad SMARTS) is 1. The zero-order chi connectivity index (χ0) is 16.7. The molecule has 0 spiro atoms. The van der Waals surface area contributed by atoms with E-state index in [-0.39, 0.29) is 18.0 Å². The lowest BCUT2D eigenvalue weighted by Crippen LogP contribution is -2.23. The Kier molecular flexibility index (Phi) is 5.74. The van der Waals surface area contributed by atoms with E-state index in [1.54, 1.807) is 19.1 Å². The third-order valence-electron chi connectivity index (χ3n) is 3.14. The summed E-state index contributed by atoms with van der Waals surface area (Å²) in [6, 6.07) is 7.23. The number of ether oxygens (including phenoxy) is 1. The molecule has 0 saturated carbocycles. The molecule has 2 N–H and O–H groups in total. The topological polar surface area (TPSA) is 102 Å². The summed E-state index contributed by atoms with van der Waals surface area (Å²) in [5.41, 5.74) is 1.20. The van der Waals surface area contributed by atoms with Crippen molar-refractivity contribution in [3.05, 3.63) is 47.7 Å². The van der Waals surface area contributed by atoms with Crippen LogP contribution in [0.25, 0.3) is 0 Å². The van der Waals surface area contributed by atoms with Crippen LogP contribution in [0.1, 0.15) is 34.7 Å². The van der Waals surface area contributed by atoms with Crippen molar-refractivity contribution in [1.29, 1.82) is 0 Å². The van der Waals surface area contributed by atoms with Crippen molar-refractivity contribution >= 4 is 11.9 Å². The van der Waals surface area contributed by atoms with Gasteiger partial charge in [0.15, 0.2) is 12.1 Å². The van der Waals surface area contributed by atoms with Gasteiger partial charge in [-0.25, -0.2) is 4.98 Å². The van der Waals surface area contributed by atoms with Crippen molar-refractivity contribution in [3.8, 4) is 5.75 Å². The minimum Gasteiger partial charge on any atom is -0.494 e. The van der Waals surface area contributed by atoms with Crippen LogP contribution in [0.3, 0.4) is 0 Å². The summed E-state index contributed by atoms with van der Waals surface area (Å²) in [7, 11) is 0. The molecule has 0 aliphatic heterocycles. The molecule has 7 heteroatoms. The van der Waals surface area contributed by atoms with Crippen LogP contribution in [-0.2, 0) is 11.3 Å². The molecule has 1 amide bonds. The summed E-state index contributed by atoms with van der Waals surface area (Å²) in [5.74, 6) is 0.0257. The molecular weight excluding hydrogens is 300 g/mol. The summed E-state index contributed by atoms with van der Waals surface area (Å²) in [5, 5.41) is 11.3. The van der Waals surface area contributed by atoms with Gasteiger partial charge < -0.3 is 19.6 Å². The second-order valence-corrected chi connectivity index (χ2v) is 4.93. The van der Waals surface area contributed by atoms with Gasteiger partial charge >= 0.3 is 5.97 Å². The number of hydrogen-bond acceptors (Lipinski definition) is 5. The molecule has 0 saturated heterocycles. The molecule has 0 fully saturated rings. The van der Waals surface area contributed by atoms with Crippen LogP contribution in [-0.4, -0.2) is 28.6 Å². The van der Waals surface area contributed by atoms with Gasteiger partial charge in [0.05, 0.1) is 6.61 Å². The average molecular weight is 318 g/mol. The summed E-state index contributed by atoms with van der Waals surface area (Å²) in [6.45, 7) is 2.40. The number of benzene rings is 1. The SMILES string of the molecule is Cc1ocnc1C(=O)NCc1ccc(OCCCC(=O)O)cc1. The van der Waals surface area contributed by atoms with Gasteiger partial charge in [0.25, 0.3) is 5.91 Å². The highest BCUT2D eigenvalue weighted by Gasteiger charge is 2.12. The molecular formula is C16H18N2O5. The van der Waals surface area contributed by atoms with Gasteiger partial charge in [-0.2, -0.15) is 0 Å². The van der Waals surface area contributed by atoms with Crippen LogP contribution in [0.5, 0.6) is 5.75 Å². The minimum atomic E-state index is -0.831. The van der Waals surface area contributed by atoms with Crippen molar-refractivity contribution in [1.82, 2.24) is 10.3 Å². The van der Waals surface area contributed by atoms with E-state index in [4.69, 9.17) is 14.3 Å². The predicted octanol–water partition coefficient (Wildman–Crippen LogP) is 2.16. The third kappa shape index (κ3) is 5.14. The number of carbonyl (C=O) groups is 2. The van der Waals surface area contributed by atoms with Gasteiger partial charge in [-0.15, -0.1) is 0 Å². The number of amides is 1. The molecule has 2 rings (SSSR count). The molecule has 2 aromatic rings. The summed E-state index contributed by atoms with van der Waals surface area (Å²) < 4.78 is 10.4. The highest BCUT2D eigenvalue weighted by molar-refractivity contribution is 5.92. The lowest BCUT2D eigenvalue weighted by atomic mass is 10.2. The van der Waals surface area contributed by atoms with E-state index in [0.717, 1.165) is 5.56 Å². The molecule has 0 aliphatic rings. The van der Waals surface area contributed by atoms with Crippen LogP contribution < -0.4 is 10.1 Å². The lowest BCUT2D eigenvalue weighted by molar-refractivity contribution is -0.137. The van der Waals surface area contributed by atoms with Gasteiger partial charge in [-0.05, 0) is 31.0 Å². The van der Waals surface area contributed by atoms with Gasteiger partial charge in [-0.3, -0.25) is 9.59 Å². The fraction of sp³-hybridized carbons (Fsp3) is 0.312. The molecule has 1 aromatic heterocycles. The first-order chi connectivity index (χ1) is 11.1. The summed E-state index contributed by atoms with van der Waals surface area (Å²) in [4.78, 5) is 26.1. The number of aryl methyl sites for hydroxylation is 1. The Balaban J connectivity index is 1.77. The first-order valence-corrected chi connectivity index (χ1v) is 7.18. The summed E-state index contributed by atoms with van der Waals surface area (Å²) >= 11 is 0. The van der Waals surface area contributed by atoms with Crippen LogP contribution in [0.2, 0.25) is 0 Å². The largest absolute Gasteiger partial charge is 0.494 e. The Morgan fingerprint density at radius 3 is 2.65 bits per heavy atom. The van der Waals surface area contributed by atoms with E-state index in [9.17, 15) is 9.59 Å². The van der Waals surface area contributed by atoms with E-state index in [1.807, 2.05) is 12.1 Å². The molecule has 0 unspecified atom stereocenters. The monoisotopic (exact) mass is 318 g/mol. The zero-order valence-corrected chi connectivity index (χ0v) is 12.7. The zero-order valence-electron chi connectivity index (χ0n) is 12.7. The Morgan fingerprint density at radius 1 is 1.30 bits per heavy atom. The number of hydrogen-bond donors (Lipinski definition) is 2. The van der Waals surface area contributed by atoms with Gasteiger partial charge in [0.1, 0.15) is 11.5 Å². The van der Waals surface area contributed by atoms with E-state index in [2.05, 4.69) is 10.3 Å². The van der Waals surface area contributed by atoms with E-state index in [0.29, 0.717) is 31.1 Å². The Morgan fingerprint density at radius 2 is 2.04 bits per heavy atom. The molecule has 0 bridgehead atoms. The van der Waals surface area contributed by atoms with Crippen molar-refractivity contribution in [2.24, 2.45) is 0 Å². The number of rotatable bonds is 8. The van der Waals surface area contributed by atoms with Crippen molar-refractivity contribution in [2.75, 3.05) is 6.61 Å². The van der Waals surface area contributed by atoms with Crippen molar-refractivity contribution in [2.45, 2.75) is 26.3 Å². The van der Waals surface area contributed by atoms with Gasteiger partial charge in [0.2, 0.25) is 0 Å². The van der Waals surface area contributed by atoms with E-state index in [1.165, 1.54) is 6.39 Å². The first-order valence-electron chi connectivity index (χ1n) is 7.18.